The number of anilines is 4. The summed E-state index contributed by atoms with van der Waals surface area (Å²) in [5.41, 5.74) is 15.5. The molecule has 1 aliphatic rings. The van der Waals surface area contributed by atoms with Crippen LogP contribution in [0, 0.1) is 15.9 Å². The van der Waals surface area contributed by atoms with Crippen LogP contribution in [0.4, 0.5) is 22.9 Å². The summed E-state index contributed by atoms with van der Waals surface area (Å²) < 4.78 is 12.4. The van der Waals surface area contributed by atoms with E-state index in [1.807, 2.05) is 42.5 Å². The van der Waals surface area contributed by atoms with Gasteiger partial charge in [0.1, 0.15) is 0 Å². The van der Waals surface area contributed by atoms with Gasteiger partial charge in [0.05, 0.1) is 0 Å². The van der Waals surface area contributed by atoms with Crippen molar-refractivity contribution in [3.05, 3.63) is 233 Å². The average molecular weight is 1090 g/mol. The van der Waals surface area contributed by atoms with E-state index >= 15 is 0 Å². The predicted octanol–water partition coefficient (Wildman–Crippen LogP) is 14.9. The fourth-order valence-corrected chi connectivity index (χ4v) is 10.7. The molecule has 0 aliphatic carbocycles. The normalized spacial score (nSPS) is 12.7. The Morgan fingerprint density at radius 1 is 0.543 bits per heavy atom. The average Bonchev–Trinajstić information content (AvgIpc) is 3.88. The number of hydrogen-bond acceptors (Lipinski definition) is 4. The number of nitrogens with zero attached hydrogens (tertiary/aromatic N) is 5. The van der Waals surface area contributed by atoms with E-state index in [-0.39, 0.29) is 17.8 Å². The molecule has 0 radical (unpaired) electrons. The molecule has 6 nitrogen and oxygen atoms in total. The molecule has 1 aliphatic heterocycles. The Morgan fingerprint density at radius 3 is 1.81 bits per heavy atom. The molecule has 8 aromatic carbocycles. The zero-order chi connectivity index (χ0) is 48.1. The van der Waals surface area contributed by atoms with Gasteiger partial charge in [-0.15, -0.1) is 6.07 Å². The Morgan fingerprint density at radius 2 is 1.14 bits per heavy atom. The molecule has 3 heterocycles. The molecule has 10 aromatic rings. The van der Waals surface area contributed by atoms with Gasteiger partial charge in [-0.25, -0.2) is 0 Å². The van der Waals surface area contributed by atoms with Gasteiger partial charge in [-0.3, -0.25) is 0 Å². The van der Waals surface area contributed by atoms with E-state index in [1.54, 1.807) is 0 Å². The first-order valence-electron chi connectivity index (χ1n) is 23.8. The molecular formula is C62H52BN5OPt-2. The third-order valence-corrected chi connectivity index (χ3v) is 14.2. The maximum atomic E-state index is 6.72. The SMILES string of the molecule is CC(C)(C)c1ccc(-c2cc(C(C)(C)C)cc(-c3ccccc3)c2-n2[c](=[Pt])n(-c3[c-]c(Oc4cccc(N5B(c6ccccc6)N(c6ccccc6)c6ccc[c-]c65)n4)ccc3)c3ccccc32)cc1. The fourth-order valence-electron chi connectivity index (χ4n) is 9.61. The van der Waals surface area contributed by atoms with Crippen molar-refractivity contribution >= 4 is 46.4 Å². The molecule has 0 amide bonds. The first-order valence-corrected chi connectivity index (χ1v) is 25.0. The van der Waals surface area contributed by atoms with E-state index in [0.29, 0.717) is 11.6 Å². The number of hydrogen-bond donors (Lipinski definition) is 0. The van der Waals surface area contributed by atoms with Crippen LogP contribution in [-0.2, 0) is 30.2 Å². The van der Waals surface area contributed by atoms with E-state index in [1.165, 1.54) is 27.8 Å². The molecule has 0 saturated heterocycles. The Kier molecular flexibility index (Phi) is 11.7. The van der Waals surface area contributed by atoms with Crippen LogP contribution in [0.3, 0.4) is 0 Å². The molecule has 0 saturated carbocycles. The van der Waals surface area contributed by atoms with Crippen LogP contribution in [0.25, 0.3) is 44.7 Å². The molecule has 11 rings (SSSR count). The third-order valence-electron chi connectivity index (χ3n) is 13.1. The first kappa shape index (κ1) is 45.0. The van der Waals surface area contributed by atoms with Crippen molar-refractivity contribution in [3.63, 3.8) is 0 Å². The summed E-state index contributed by atoms with van der Waals surface area (Å²) in [5, 5.41) is 0. The molecule has 0 unspecified atom stereocenters. The number of aromatic nitrogens is 3. The Hall–Kier alpha value is -7.47. The number of imidazole rings is 1. The van der Waals surface area contributed by atoms with Crippen molar-refractivity contribution in [3.8, 4) is 45.3 Å². The van der Waals surface area contributed by atoms with Gasteiger partial charge in [0.2, 0.25) is 0 Å². The second-order valence-corrected chi connectivity index (χ2v) is 20.9. The van der Waals surface area contributed by atoms with Crippen LogP contribution in [-0.4, -0.2) is 21.1 Å². The molecular weight excluding hydrogens is 1040 g/mol. The van der Waals surface area contributed by atoms with E-state index < -0.39 is 0 Å². The van der Waals surface area contributed by atoms with Crippen molar-refractivity contribution in [2.75, 3.05) is 9.62 Å². The zero-order valence-corrected chi connectivity index (χ0v) is 42.4. The van der Waals surface area contributed by atoms with Gasteiger partial charge in [-0.1, -0.05) is 48.5 Å². The van der Waals surface area contributed by atoms with E-state index in [0.717, 1.165) is 60.1 Å². The van der Waals surface area contributed by atoms with Gasteiger partial charge in [0.25, 0.3) is 0 Å². The summed E-state index contributed by atoms with van der Waals surface area (Å²) >= 11 is 2.50. The van der Waals surface area contributed by atoms with Gasteiger partial charge >= 0.3 is 341 Å². The molecule has 0 atom stereocenters. The van der Waals surface area contributed by atoms with Crippen LogP contribution in [0.15, 0.2) is 206 Å². The number of ether oxygens (including phenoxy) is 1. The number of pyridine rings is 1. The van der Waals surface area contributed by atoms with Crippen LogP contribution >= 0.6 is 0 Å². The zero-order valence-electron chi connectivity index (χ0n) is 40.2. The number of para-hydroxylation sites is 4. The van der Waals surface area contributed by atoms with Crippen LogP contribution in [0.5, 0.6) is 11.6 Å². The topological polar surface area (TPSA) is 38.5 Å². The van der Waals surface area contributed by atoms with E-state index in [9.17, 15) is 0 Å². The molecule has 8 heteroatoms. The summed E-state index contributed by atoms with van der Waals surface area (Å²) in [6.45, 7) is 13.5. The van der Waals surface area contributed by atoms with Gasteiger partial charge in [0.15, 0.2) is 0 Å². The quantitative estimate of drug-likeness (QED) is 0.107. The molecule has 0 N–H and O–H groups in total. The van der Waals surface area contributed by atoms with Gasteiger partial charge in [-0.2, -0.15) is 12.1 Å². The summed E-state index contributed by atoms with van der Waals surface area (Å²) in [6.07, 6.45) is 0. The number of rotatable bonds is 9. The minimum atomic E-state index is -0.221. The van der Waals surface area contributed by atoms with Gasteiger partial charge in [0, 0.05) is 5.69 Å². The van der Waals surface area contributed by atoms with Crippen molar-refractivity contribution < 1.29 is 24.1 Å². The van der Waals surface area contributed by atoms with Crippen molar-refractivity contribution in [1.29, 1.82) is 0 Å². The fraction of sp³-hybridized carbons (Fsp3) is 0.129. The third kappa shape index (κ3) is 8.32. The van der Waals surface area contributed by atoms with E-state index in [4.69, 9.17) is 9.72 Å². The minimum absolute atomic E-state index is 0.0316. The second kappa shape index (κ2) is 18.1. The van der Waals surface area contributed by atoms with E-state index in [2.05, 4.69) is 256 Å². The van der Waals surface area contributed by atoms with Gasteiger partial charge < -0.3 is 0 Å². The van der Waals surface area contributed by atoms with Crippen LogP contribution < -0.4 is 19.8 Å². The van der Waals surface area contributed by atoms with Crippen LogP contribution in [0.1, 0.15) is 52.7 Å². The van der Waals surface area contributed by atoms with Crippen molar-refractivity contribution in [1.82, 2.24) is 14.1 Å². The molecule has 2 aromatic heterocycles. The first-order chi connectivity index (χ1) is 33.9. The van der Waals surface area contributed by atoms with Gasteiger partial charge in [-0.05, 0) is 12.1 Å². The predicted molar refractivity (Wildman–Crippen MR) is 285 cm³/mol. The Balaban J connectivity index is 1.03. The standard InChI is InChI=1S/C62H52BN5O.Pt/c1-61(2,3)46-38-36-45(37-39-46)53-41-47(62(4,5)6)40-52(44-22-10-7-11-23-44)60(53)66-43-65(54-30-16-17-31-55(54)66)50-28-20-29-51(42-50)69-59-35-21-34-58(64-59)68-57-33-19-18-32-56(57)67(49-26-14-9-15-27-49)63(68)48-24-12-8-13-25-48;/h7-32,34-41H,1-6H3;/q-2;. The van der Waals surface area contributed by atoms with Crippen molar-refractivity contribution in [2.45, 2.75) is 52.4 Å². The molecule has 0 spiro atoms. The number of fused-ring (bicyclic) bond motifs is 2. The molecule has 0 fully saturated rings. The Bertz CT molecular complexity index is 3580. The molecule has 70 heavy (non-hydrogen) atoms. The number of benzene rings is 8. The summed E-state index contributed by atoms with van der Waals surface area (Å²) in [6, 6.07) is 80.0. The van der Waals surface area contributed by atoms with Crippen LogP contribution in [0.2, 0.25) is 0 Å². The molecule has 0 bridgehead atoms. The maximum absolute atomic E-state index is 6.72. The summed E-state index contributed by atoms with van der Waals surface area (Å²) in [7, 11) is 0. The second-order valence-electron chi connectivity index (χ2n) is 19.9. The monoisotopic (exact) mass is 1090 g/mol. The molecule has 346 valence electrons. The Labute approximate surface area is 422 Å². The summed E-state index contributed by atoms with van der Waals surface area (Å²) in [4.78, 5) is 9.82. The van der Waals surface area contributed by atoms with Crippen molar-refractivity contribution in [2.24, 2.45) is 0 Å². The summed E-state index contributed by atoms with van der Waals surface area (Å²) in [5.74, 6) is 1.76.